The van der Waals surface area contributed by atoms with E-state index >= 15 is 0 Å². The quantitative estimate of drug-likeness (QED) is 0.395. The van der Waals surface area contributed by atoms with Crippen LogP contribution < -0.4 is 0 Å². The van der Waals surface area contributed by atoms with Crippen molar-refractivity contribution in [3.8, 4) is 0 Å². The van der Waals surface area contributed by atoms with Gasteiger partial charge in [-0.1, -0.05) is 12.2 Å². The van der Waals surface area contributed by atoms with Crippen LogP contribution in [-0.2, 0) is 0 Å². The van der Waals surface area contributed by atoms with Gasteiger partial charge in [0.2, 0.25) is 0 Å². The van der Waals surface area contributed by atoms with E-state index in [4.69, 9.17) is 0 Å². The van der Waals surface area contributed by atoms with Crippen molar-refractivity contribution in [3.05, 3.63) is 23.3 Å². The minimum atomic E-state index is -4.06. The van der Waals surface area contributed by atoms with Crippen molar-refractivity contribution in [1.29, 1.82) is 0 Å². The summed E-state index contributed by atoms with van der Waals surface area (Å²) in [5.41, 5.74) is -0.690. The van der Waals surface area contributed by atoms with Crippen LogP contribution in [0.3, 0.4) is 0 Å². The number of hydrogen-bond donors (Lipinski definition) is 0. The Kier molecular flexibility index (Phi) is 6.97. The average Bonchev–Trinajstić information content (AvgIpc) is 2.91. The zero-order valence-electron chi connectivity index (χ0n) is 10.1. The molecule has 0 radical (unpaired) electrons. The molecule has 2 aliphatic rings. The summed E-state index contributed by atoms with van der Waals surface area (Å²) < 4.78 is 70.2. The van der Waals surface area contributed by atoms with Crippen LogP contribution in [0.25, 0.3) is 0 Å². The van der Waals surface area contributed by atoms with Crippen LogP contribution in [0.5, 0.6) is 0 Å². The topological polar surface area (TPSA) is 0 Å². The zero-order chi connectivity index (χ0) is 13.8. The molecule has 0 N–H and O–H groups in total. The Balaban J connectivity index is 0.000000324. The predicted octanol–water partition coefficient (Wildman–Crippen LogP) is 5.74. The fourth-order valence-electron chi connectivity index (χ4n) is 1.86. The Morgan fingerprint density at radius 2 is 1.00 bits per heavy atom. The molecule has 2 rings (SSSR count). The minimum absolute atomic E-state index is 0. The summed E-state index contributed by atoms with van der Waals surface area (Å²) in [7, 11) is 0. The third-order valence-electron chi connectivity index (χ3n) is 2.81. The van der Waals surface area contributed by atoms with Crippen molar-refractivity contribution >= 4 is 12.4 Å². The van der Waals surface area contributed by atoms with Gasteiger partial charge in [-0.15, -0.1) is 12.4 Å². The number of halogens is 7. The lowest BCUT2D eigenvalue weighted by Gasteiger charge is -2.04. The first-order valence-corrected chi connectivity index (χ1v) is 5.73. The molecule has 19 heavy (non-hydrogen) atoms. The highest BCUT2D eigenvalue weighted by atomic mass is 35.5. The molecule has 0 unspecified atom stereocenters. The fourth-order valence-corrected chi connectivity index (χ4v) is 1.86. The van der Waals surface area contributed by atoms with Crippen molar-refractivity contribution in [1.82, 2.24) is 0 Å². The van der Waals surface area contributed by atoms with Crippen molar-refractivity contribution in [2.24, 2.45) is 0 Å². The molecule has 0 atom stereocenters. The molecule has 0 saturated heterocycles. The Labute approximate surface area is 114 Å². The summed E-state index contributed by atoms with van der Waals surface area (Å²) in [5.74, 6) is 0. The van der Waals surface area contributed by atoms with Crippen LogP contribution in [0.2, 0.25) is 0 Å². The van der Waals surface area contributed by atoms with Gasteiger partial charge in [0.1, 0.15) is 0 Å². The van der Waals surface area contributed by atoms with Crippen LogP contribution in [0, 0.1) is 0 Å². The predicted molar refractivity (Wildman–Crippen MR) is 63.2 cm³/mol. The first kappa shape index (κ1) is 18.4. The molecule has 2 aliphatic carbocycles. The third kappa shape index (κ3) is 6.36. The van der Waals surface area contributed by atoms with Gasteiger partial charge >= 0.3 is 12.4 Å². The Bertz CT molecular complexity index is 303. The highest BCUT2D eigenvalue weighted by Crippen LogP contribution is 2.34. The van der Waals surface area contributed by atoms with Crippen LogP contribution in [-0.4, -0.2) is 12.4 Å². The van der Waals surface area contributed by atoms with Crippen molar-refractivity contribution in [2.75, 3.05) is 0 Å². The molecule has 0 saturated carbocycles. The molecule has 0 heterocycles. The van der Waals surface area contributed by atoms with E-state index in [1.165, 1.54) is 12.2 Å². The maximum Gasteiger partial charge on any atom is 0.412 e. The SMILES string of the molecule is Cl.FC(F)(F)C1=CCCC1.FC(F)(F)C1=CCCC1. The fraction of sp³-hybridized carbons (Fsp3) is 0.667. The molecule has 0 aromatic carbocycles. The van der Waals surface area contributed by atoms with Gasteiger partial charge in [-0.05, 0) is 38.5 Å². The van der Waals surface area contributed by atoms with Crippen LogP contribution >= 0.6 is 12.4 Å². The van der Waals surface area contributed by atoms with Gasteiger partial charge < -0.3 is 0 Å². The average molecular weight is 309 g/mol. The maximum absolute atomic E-state index is 11.7. The van der Waals surface area contributed by atoms with Gasteiger partial charge in [-0.2, -0.15) is 26.3 Å². The first-order chi connectivity index (χ1) is 8.21. The van der Waals surface area contributed by atoms with Crippen molar-refractivity contribution < 1.29 is 26.3 Å². The lowest BCUT2D eigenvalue weighted by Crippen LogP contribution is -2.09. The van der Waals surface area contributed by atoms with Gasteiger partial charge in [0.25, 0.3) is 0 Å². The second-order valence-electron chi connectivity index (χ2n) is 4.24. The Morgan fingerprint density at radius 1 is 0.684 bits per heavy atom. The van der Waals surface area contributed by atoms with E-state index in [1.54, 1.807) is 0 Å². The van der Waals surface area contributed by atoms with E-state index < -0.39 is 12.4 Å². The van der Waals surface area contributed by atoms with E-state index in [0.29, 0.717) is 25.7 Å². The normalized spacial score (nSPS) is 19.1. The highest BCUT2D eigenvalue weighted by Gasteiger charge is 2.34. The third-order valence-corrected chi connectivity index (χ3v) is 2.81. The molecule has 0 spiro atoms. The largest absolute Gasteiger partial charge is 0.412 e. The van der Waals surface area contributed by atoms with E-state index in [0.717, 1.165) is 0 Å². The molecule has 112 valence electrons. The number of allylic oxidation sites excluding steroid dienone is 4. The van der Waals surface area contributed by atoms with Gasteiger partial charge in [0.15, 0.2) is 0 Å². The lowest BCUT2D eigenvalue weighted by molar-refractivity contribution is -0.0939. The zero-order valence-corrected chi connectivity index (χ0v) is 10.9. The summed E-state index contributed by atoms with van der Waals surface area (Å²) in [6, 6.07) is 0. The second-order valence-corrected chi connectivity index (χ2v) is 4.24. The van der Waals surface area contributed by atoms with E-state index in [9.17, 15) is 26.3 Å². The van der Waals surface area contributed by atoms with Crippen LogP contribution in [0.4, 0.5) is 26.3 Å². The summed E-state index contributed by atoms with van der Waals surface area (Å²) in [6.45, 7) is 0. The van der Waals surface area contributed by atoms with Crippen LogP contribution in [0.1, 0.15) is 38.5 Å². The molecular weight excluding hydrogens is 294 g/mol. The molecule has 0 aromatic rings. The monoisotopic (exact) mass is 308 g/mol. The molecular formula is C12H15ClF6. The van der Waals surface area contributed by atoms with Crippen molar-refractivity contribution in [3.63, 3.8) is 0 Å². The number of alkyl halides is 6. The Hall–Kier alpha value is -0.650. The van der Waals surface area contributed by atoms with E-state index in [-0.39, 0.29) is 36.4 Å². The van der Waals surface area contributed by atoms with Gasteiger partial charge in [0, 0.05) is 11.1 Å². The molecule has 0 fully saturated rings. The summed E-state index contributed by atoms with van der Waals surface area (Å²) in [5, 5.41) is 0. The minimum Gasteiger partial charge on any atom is -0.166 e. The molecule has 0 bridgehead atoms. The van der Waals surface area contributed by atoms with E-state index in [1.807, 2.05) is 0 Å². The Morgan fingerprint density at radius 3 is 1.11 bits per heavy atom. The molecule has 0 amide bonds. The standard InChI is InChI=1S/2C6H7F3.ClH/c2*7-6(8,9)5-3-1-2-4-5;/h2*3H,1-2,4H2;1H. The number of hydrogen-bond acceptors (Lipinski definition) is 0. The first-order valence-electron chi connectivity index (χ1n) is 5.73. The van der Waals surface area contributed by atoms with Gasteiger partial charge in [-0.25, -0.2) is 0 Å². The lowest BCUT2D eigenvalue weighted by atomic mass is 10.2. The van der Waals surface area contributed by atoms with E-state index in [2.05, 4.69) is 0 Å². The summed E-state index contributed by atoms with van der Waals surface area (Å²) in [6.07, 6.45) is -2.63. The van der Waals surface area contributed by atoms with Gasteiger partial charge in [0.05, 0.1) is 0 Å². The molecule has 7 heteroatoms. The van der Waals surface area contributed by atoms with Gasteiger partial charge in [-0.3, -0.25) is 0 Å². The van der Waals surface area contributed by atoms with Crippen LogP contribution in [0.15, 0.2) is 23.3 Å². The number of rotatable bonds is 0. The molecule has 0 aromatic heterocycles. The summed E-state index contributed by atoms with van der Waals surface area (Å²) >= 11 is 0. The summed E-state index contributed by atoms with van der Waals surface area (Å²) in [4.78, 5) is 0. The van der Waals surface area contributed by atoms with Crippen molar-refractivity contribution in [2.45, 2.75) is 50.9 Å². The molecule has 0 aliphatic heterocycles. The molecule has 0 nitrogen and oxygen atoms in total. The highest BCUT2D eigenvalue weighted by molar-refractivity contribution is 5.85. The smallest absolute Gasteiger partial charge is 0.166 e. The second kappa shape index (κ2) is 7.22. The maximum atomic E-state index is 11.7.